The summed E-state index contributed by atoms with van der Waals surface area (Å²) >= 11 is 0. The number of rotatable bonds is 3. The molecular weight excluding hydrogens is 488 g/mol. The van der Waals surface area contributed by atoms with Crippen LogP contribution >= 0.6 is 0 Å². The fourth-order valence-corrected chi connectivity index (χ4v) is 4.98. The minimum atomic E-state index is -5.05. The summed E-state index contributed by atoms with van der Waals surface area (Å²) in [6, 6.07) is 10.1. The van der Waals surface area contributed by atoms with E-state index < -0.39 is 40.5 Å². The Hall–Kier alpha value is -3.24. The van der Waals surface area contributed by atoms with Crippen LogP contribution < -0.4 is 10.2 Å². The zero-order valence-electron chi connectivity index (χ0n) is 19.6. The number of amides is 2. The number of piperidine rings is 1. The first kappa shape index (κ1) is 25.8. The Labute approximate surface area is 204 Å². The van der Waals surface area contributed by atoms with Gasteiger partial charge in [0.25, 0.3) is 5.91 Å². The van der Waals surface area contributed by atoms with Gasteiger partial charge >= 0.3 is 12.4 Å². The highest BCUT2D eigenvalue weighted by Crippen LogP contribution is 2.41. The van der Waals surface area contributed by atoms with E-state index in [9.17, 15) is 35.9 Å². The van der Waals surface area contributed by atoms with Crippen LogP contribution in [0, 0.1) is 5.92 Å². The van der Waals surface area contributed by atoms with Crippen molar-refractivity contribution in [2.75, 3.05) is 18.0 Å². The second-order valence-electron chi connectivity index (χ2n) is 9.49. The van der Waals surface area contributed by atoms with E-state index in [2.05, 4.69) is 5.32 Å². The molecule has 2 saturated heterocycles. The zero-order valence-corrected chi connectivity index (χ0v) is 19.6. The molecule has 0 saturated carbocycles. The first-order valence-corrected chi connectivity index (χ1v) is 11.5. The number of likely N-dealkylation sites (tertiary alicyclic amines) is 1. The molecule has 5 nitrogen and oxygen atoms in total. The number of alkyl halides is 6. The molecule has 2 fully saturated rings. The number of anilines is 1. The molecule has 2 aromatic carbocycles. The molecular formula is C25H25F6N3O2. The van der Waals surface area contributed by atoms with E-state index in [1.165, 1.54) is 4.90 Å². The summed E-state index contributed by atoms with van der Waals surface area (Å²) in [5.41, 5.74) is -3.96. The van der Waals surface area contributed by atoms with Gasteiger partial charge in [-0.05, 0) is 49.1 Å². The lowest BCUT2D eigenvalue weighted by Gasteiger charge is -2.45. The van der Waals surface area contributed by atoms with E-state index in [0.717, 1.165) is 5.69 Å². The molecule has 1 N–H and O–H groups in total. The number of carbonyl (C=O) groups excluding carboxylic acids is 2. The van der Waals surface area contributed by atoms with E-state index in [4.69, 9.17) is 0 Å². The summed E-state index contributed by atoms with van der Waals surface area (Å²) in [7, 11) is 0. The van der Waals surface area contributed by atoms with Gasteiger partial charge in [-0.2, -0.15) is 26.3 Å². The highest BCUT2D eigenvalue weighted by atomic mass is 19.4. The van der Waals surface area contributed by atoms with Crippen molar-refractivity contribution in [2.45, 2.75) is 50.7 Å². The van der Waals surface area contributed by atoms with Crippen molar-refractivity contribution in [3.8, 4) is 0 Å². The minimum absolute atomic E-state index is 0.00199. The average Bonchev–Trinajstić information content (AvgIpc) is 3.10. The Balaban J connectivity index is 1.62. The van der Waals surface area contributed by atoms with Crippen LogP contribution in [0.4, 0.5) is 32.0 Å². The molecule has 1 spiro atoms. The lowest BCUT2D eigenvalue weighted by atomic mass is 9.84. The van der Waals surface area contributed by atoms with Crippen molar-refractivity contribution < 1.29 is 35.9 Å². The topological polar surface area (TPSA) is 52.7 Å². The standard InChI is InChI=1S/C25H25F6N3O2/c1-15(2)20-32-22(36)23(34(20)19-6-4-3-5-7-19)8-10-33(11-9-23)21(35)16-12-17(24(26,27)28)14-18(13-16)25(29,30)31/h3-7,12-15,20H,8-11H2,1-2H3,(H,32,36). The van der Waals surface area contributed by atoms with Crippen LogP contribution in [0.5, 0.6) is 0 Å². The molecule has 2 amide bonds. The molecule has 1 atom stereocenters. The Morgan fingerprint density at radius 1 is 0.944 bits per heavy atom. The van der Waals surface area contributed by atoms with Crippen molar-refractivity contribution >= 4 is 17.5 Å². The van der Waals surface area contributed by atoms with Crippen LogP contribution in [-0.4, -0.2) is 41.5 Å². The maximum Gasteiger partial charge on any atom is 0.416 e. The Morgan fingerprint density at radius 3 is 1.94 bits per heavy atom. The van der Waals surface area contributed by atoms with Crippen LogP contribution in [0.1, 0.15) is 48.2 Å². The summed E-state index contributed by atoms with van der Waals surface area (Å²) in [5, 5.41) is 3.02. The second-order valence-corrected chi connectivity index (χ2v) is 9.49. The molecule has 0 radical (unpaired) electrons. The molecule has 2 aliphatic heterocycles. The SMILES string of the molecule is CC(C)C1NC(=O)C2(CCN(C(=O)c3cc(C(F)(F)F)cc(C(F)(F)F)c3)CC2)N1c1ccccc1. The van der Waals surface area contributed by atoms with Crippen molar-refractivity contribution in [1.29, 1.82) is 0 Å². The maximum atomic E-state index is 13.2. The first-order valence-electron chi connectivity index (χ1n) is 11.5. The molecule has 2 aliphatic rings. The molecule has 194 valence electrons. The number of para-hydroxylation sites is 1. The number of hydrogen-bond acceptors (Lipinski definition) is 3. The number of carbonyl (C=O) groups is 2. The Morgan fingerprint density at radius 2 is 1.47 bits per heavy atom. The van der Waals surface area contributed by atoms with Gasteiger partial charge in [-0.1, -0.05) is 32.0 Å². The summed E-state index contributed by atoms with van der Waals surface area (Å²) < 4.78 is 79.5. The molecule has 11 heteroatoms. The van der Waals surface area contributed by atoms with Gasteiger partial charge in [-0.15, -0.1) is 0 Å². The molecule has 2 aromatic rings. The lowest BCUT2D eigenvalue weighted by Crippen LogP contribution is -2.58. The van der Waals surface area contributed by atoms with Crippen LogP contribution in [0.25, 0.3) is 0 Å². The van der Waals surface area contributed by atoms with Gasteiger partial charge in [0.15, 0.2) is 0 Å². The summed E-state index contributed by atoms with van der Waals surface area (Å²) in [6.07, 6.45) is -10.1. The summed E-state index contributed by atoms with van der Waals surface area (Å²) in [6.45, 7) is 3.92. The smallest absolute Gasteiger partial charge is 0.338 e. The number of hydrogen-bond donors (Lipinski definition) is 1. The maximum absolute atomic E-state index is 13.2. The van der Waals surface area contributed by atoms with Gasteiger partial charge in [0.1, 0.15) is 11.7 Å². The number of nitrogens with zero attached hydrogens (tertiary/aromatic N) is 2. The van der Waals surface area contributed by atoms with E-state index in [1.54, 1.807) is 0 Å². The highest BCUT2D eigenvalue weighted by molar-refractivity contribution is 5.97. The molecule has 4 rings (SSSR count). The molecule has 36 heavy (non-hydrogen) atoms. The van der Waals surface area contributed by atoms with Gasteiger partial charge in [-0.25, -0.2) is 0 Å². The lowest BCUT2D eigenvalue weighted by molar-refractivity contribution is -0.143. The van der Waals surface area contributed by atoms with Crippen molar-refractivity contribution in [3.63, 3.8) is 0 Å². The third kappa shape index (κ3) is 4.62. The van der Waals surface area contributed by atoms with Crippen LogP contribution in [0.3, 0.4) is 0 Å². The molecule has 0 bridgehead atoms. The van der Waals surface area contributed by atoms with E-state index >= 15 is 0 Å². The fourth-order valence-electron chi connectivity index (χ4n) is 4.98. The Kier molecular flexibility index (Phi) is 6.47. The van der Waals surface area contributed by atoms with Crippen molar-refractivity contribution in [1.82, 2.24) is 10.2 Å². The van der Waals surface area contributed by atoms with Gasteiger partial charge < -0.3 is 15.1 Å². The molecule has 0 aliphatic carbocycles. The Bertz CT molecular complexity index is 1110. The molecule has 0 aromatic heterocycles. The van der Waals surface area contributed by atoms with E-state index in [0.29, 0.717) is 12.1 Å². The van der Waals surface area contributed by atoms with Crippen LogP contribution in [0.2, 0.25) is 0 Å². The average molecular weight is 513 g/mol. The van der Waals surface area contributed by atoms with Gasteiger partial charge in [-0.3, -0.25) is 9.59 Å². The van der Waals surface area contributed by atoms with Crippen LogP contribution in [-0.2, 0) is 17.1 Å². The first-order chi connectivity index (χ1) is 16.7. The third-order valence-electron chi connectivity index (χ3n) is 6.82. The molecule has 1 unspecified atom stereocenters. The van der Waals surface area contributed by atoms with E-state index in [-0.39, 0.29) is 50.0 Å². The fraction of sp³-hybridized carbons (Fsp3) is 0.440. The predicted octanol–water partition coefficient (Wildman–Crippen LogP) is 5.32. The largest absolute Gasteiger partial charge is 0.416 e. The third-order valence-corrected chi connectivity index (χ3v) is 6.82. The zero-order chi connectivity index (χ0) is 26.5. The minimum Gasteiger partial charge on any atom is -0.338 e. The normalized spacial score (nSPS) is 20.2. The number of nitrogens with one attached hydrogen (secondary N) is 1. The predicted molar refractivity (Wildman–Crippen MR) is 120 cm³/mol. The quantitative estimate of drug-likeness (QED) is 0.566. The number of benzene rings is 2. The summed E-state index contributed by atoms with van der Waals surface area (Å²) in [5.74, 6) is -1.10. The van der Waals surface area contributed by atoms with E-state index in [1.807, 2.05) is 49.1 Å². The van der Waals surface area contributed by atoms with Gasteiger partial charge in [0.05, 0.1) is 11.1 Å². The highest BCUT2D eigenvalue weighted by Gasteiger charge is 2.55. The summed E-state index contributed by atoms with van der Waals surface area (Å²) in [4.78, 5) is 29.4. The van der Waals surface area contributed by atoms with Crippen molar-refractivity contribution in [3.05, 3.63) is 65.2 Å². The molecule has 2 heterocycles. The van der Waals surface area contributed by atoms with Crippen LogP contribution in [0.15, 0.2) is 48.5 Å². The number of halogens is 6. The van der Waals surface area contributed by atoms with Gasteiger partial charge in [0, 0.05) is 24.3 Å². The monoisotopic (exact) mass is 513 g/mol. The van der Waals surface area contributed by atoms with Crippen molar-refractivity contribution in [2.24, 2.45) is 5.92 Å². The second kappa shape index (κ2) is 9.01. The van der Waals surface area contributed by atoms with Gasteiger partial charge in [0.2, 0.25) is 5.91 Å².